The Bertz CT molecular complexity index is 609. The normalized spacial score (nSPS) is 13.5. The number of rotatable bonds is 8. The highest BCUT2D eigenvalue weighted by Gasteiger charge is 2.31. The second-order valence-electron chi connectivity index (χ2n) is 5.33. The van der Waals surface area contributed by atoms with Crippen molar-refractivity contribution in [3.63, 3.8) is 0 Å². The highest BCUT2D eigenvalue weighted by Crippen LogP contribution is 2.28. The van der Waals surface area contributed by atoms with Crippen molar-refractivity contribution in [2.75, 3.05) is 19.7 Å². The van der Waals surface area contributed by atoms with Crippen molar-refractivity contribution >= 4 is 27.3 Å². The highest BCUT2D eigenvalue weighted by atomic mass is 79.9. The summed E-state index contributed by atoms with van der Waals surface area (Å²) in [5.74, 6) is -3.20. The third kappa shape index (κ3) is 5.93. The third-order valence-electron chi connectivity index (χ3n) is 3.29. The predicted molar refractivity (Wildman–Crippen MR) is 90.7 cm³/mol. The lowest BCUT2D eigenvalue weighted by molar-refractivity contribution is -0.0793. The summed E-state index contributed by atoms with van der Waals surface area (Å²) in [6.07, 6.45) is -0.857. The molecule has 0 aliphatic rings. The Kier molecular flexibility index (Phi) is 6.67. The van der Waals surface area contributed by atoms with E-state index in [4.69, 9.17) is 5.11 Å². The van der Waals surface area contributed by atoms with E-state index < -0.39 is 25.2 Å². The van der Waals surface area contributed by atoms with Gasteiger partial charge in [0.2, 0.25) is 0 Å². The average Bonchev–Trinajstić information content (AvgIpc) is 2.94. The van der Waals surface area contributed by atoms with Crippen molar-refractivity contribution < 1.29 is 19.0 Å². The third-order valence-corrected chi connectivity index (χ3v) is 5.01. The molecule has 3 nitrogen and oxygen atoms in total. The van der Waals surface area contributed by atoms with Crippen LogP contribution in [0.1, 0.15) is 16.5 Å². The van der Waals surface area contributed by atoms with Crippen LogP contribution in [0.2, 0.25) is 0 Å². The van der Waals surface area contributed by atoms with Crippen molar-refractivity contribution in [2.45, 2.75) is 18.6 Å². The van der Waals surface area contributed by atoms with Crippen molar-refractivity contribution in [1.82, 2.24) is 4.90 Å². The van der Waals surface area contributed by atoms with E-state index in [1.54, 1.807) is 6.07 Å². The summed E-state index contributed by atoms with van der Waals surface area (Å²) in [7, 11) is 0. The molecule has 0 saturated heterocycles. The van der Waals surface area contributed by atoms with Crippen LogP contribution >= 0.6 is 27.3 Å². The number of thiophene rings is 1. The van der Waals surface area contributed by atoms with Crippen LogP contribution in [0.5, 0.6) is 0 Å². The molecular weight excluding hydrogens is 388 g/mol. The average molecular weight is 406 g/mol. The zero-order valence-electron chi connectivity index (χ0n) is 12.3. The minimum atomic E-state index is -3.20. The van der Waals surface area contributed by atoms with Gasteiger partial charge in [-0.3, -0.25) is 4.90 Å². The maximum absolute atomic E-state index is 13.6. The molecule has 1 aromatic heterocycles. The lowest BCUT2D eigenvalue weighted by atomic mass is 10.1. The Labute approximate surface area is 146 Å². The lowest BCUT2D eigenvalue weighted by Crippen LogP contribution is -2.40. The summed E-state index contributed by atoms with van der Waals surface area (Å²) in [4.78, 5) is 2.17. The zero-order valence-corrected chi connectivity index (χ0v) is 14.7. The van der Waals surface area contributed by atoms with Crippen LogP contribution in [-0.4, -0.2) is 40.7 Å². The molecule has 7 heteroatoms. The Morgan fingerprint density at radius 2 is 1.87 bits per heavy atom. The van der Waals surface area contributed by atoms with Crippen LogP contribution in [0.25, 0.3) is 0 Å². The molecule has 0 fully saturated rings. The minimum Gasteiger partial charge on any atom is -0.390 e. The van der Waals surface area contributed by atoms with Crippen molar-refractivity contribution in [3.8, 4) is 0 Å². The zero-order chi connectivity index (χ0) is 16.9. The standard InChI is InChI=1S/C16H18BrF2NO2S/c17-15-7-6-14(23-15)13(22)9-20(10-16(18,19)11-21)8-12-4-2-1-3-5-12/h1-7,13,21-22H,8-11H2. The fourth-order valence-corrected chi connectivity index (χ4v) is 3.65. The molecule has 0 aliphatic carbocycles. The van der Waals surface area contributed by atoms with Crippen molar-refractivity contribution in [2.24, 2.45) is 0 Å². The van der Waals surface area contributed by atoms with E-state index in [1.165, 1.54) is 16.2 Å². The first-order valence-corrected chi connectivity index (χ1v) is 8.69. The number of aliphatic hydroxyl groups is 2. The molecule has 126 valence electrons. The van der Waals surface area contributed by atoms with Crippen LogP contribution in [0.15, 0.2) is 46.3 Å². The molecule has 0 amide bonds. The van der Waals surface area contributed by atoms with Crippen LogP contribution < -0.4 is 0 Å². The van der Waals surface area contributed by atoms with Gasteiger partial charge < -0.3 is 10.2 Å². The maximum Gasteiger partial charge on any atom is 0.283 e. The molecule has 23 heavy (non-hydrogen) atoms. The molecule has 0 aliphatic heterocycles. The van der Waals surface area contributed by atoms with Crippen LogP contribution in [-0.2, 0) is 6.54 Å². The lowest BCUT2D eigenvalue weighted by Gasteiger charge is -2.28. The quantitative estimate of drug-likeness (QED) is 0.703. The second kappa shape index (κ2) is 8.30. The van der Waals surface area contributed by atoms with Gasteiger partial charge in [-0.1, -0.05) is 30.3 Å². The molecule has 1 unspecified atom stereocenters. The minimum absolute atomic E-state index is 0.0669. The molecule has 0 bridgehead atoms. The molecule has 0 spiro atoms. The van der Waals surface area contributed by atoms with Crippen molar-refractivity contribution in [3.05, 3.63) is 56.7 Å². The predicted octanol–water partition coefficient (Wildman–Crippen LogP) is 3.67. The molecule has 2 aromatic rings. The topological polar surface area (TPSA) is 43.7 Å². The Morgan fingerprint density at radius 1 is 1.17 bits per heavy atom. The van der Waals surface area contributed by atoms with Gasteiger partial charge in [0, 0.05) is 18.0 Å². The van der Waals surface area contributed by atoms with Gasteiger partial charge in [0.05, 0.1) is 10.3 Å². The van der Waals surface area contributed by atoms with Crippen LogP contribution in [0.3, 0.4) is 0 Å². The fourth-order valence-electron chi connectivity index (χ4n) is 2.25. The van der Waals surface area contributed by atoms with E-state index in [0.717, 1.165) is 9.35 Å². The van der Waals surface area contributed by atoms with Gasteiger partial charge in [0.15, 0.2) is 0 Å². The van der Waals surface area contributed by atoms with Gasteiger partial charge in [-0.2, -0.15) is 0 Å². The van der Waals surface area contributed by atoms with E-state index in [0.29, 0.717) is 4.88 Å². The first-order chi connectivity index (χ1) is 10.9. The molecule has 1 aromatic carbocycles. The molecular formula is C16H18BrF2NO2S. The number of hydrogen-bond donors (Lipinski definition) is 2. The van der Waals surface area contributed by atoms with E-state index in [2.05, 4.69) is 15.9 Å². The number of alkyl halides is 2. The van der Waals surface area contributed by atoms with Crippen molar-refractivity contribution in [1.29, 1.82) is 0 Å². The Hall–Kier alpha value is -0.860. The van der Waals surface area contributed by atoms with Gasteiger partial charge >= 0.3 is 0 Å². The number of hydrogen-bond acceptors (Lipinski definition) is 4. The smallest absolute Gasteiger partial charge is 0.283 e. The first kappa shape index (κ1) is 18.5. The number of benzene rings is 1. The first-order valence-electron chi connectivity index (χ1n) is 7.08. The largest absolute Gasteiger partial charge is 0.390 e. The fraction of sp³-hybridized carbons (Fsp3) is 0.375. The van der Waals surface area contributed by atoms with E-state index in [1.807, 2.05) is 36.4 Å². The number of aliphatic hydroxyl groups excluding tert-OH is 2. The van der Waals surface area contributed by atoms with Gasteiger partial charge in [-0.15, -0.1) is 11.3 Å². The molecule has 0 radical (unpaired) electrons. The number of nitrogens with zero attached hydrogens (tertiary/aromatic N) is 1. The Morgan fingerprint density at radius 3 is 2.43 bits per heavy atom. The number of halogens is 3. The molecule has 2 N–H and O–H groups in total. The molecule has 1 heterocycles. The summed E-state index contributed by atoms with van der Waals surface area (Å²) < 4.78 is 28.0. The van der Waals surface area contributed by atoms with Gasteiger partial charge in [0.1, 0.15) is 12.7 Å². The highest BCUT2D eigenvalue weighted by molar-refractivity contribution is 9.11. The summed E-state index contributed by atoms with van der Waals surface area (Å²) in [5.41, 5.74) is 0.876. The summed E-state index contributed by atoms with van der Waals surface area (Å²) in [6.45, 7) is -1.47. The van der Waals surface area contributed by atoms with Gasteiger partial charge in [0.25, 0.3) is 5.92 Å². The molecule has 1 atom stereocenters. The van der Waals surface area contributed by atoms with Crippen LogP contribution in [0.4, 0.5) is 8.78 Å². The summed E-state index contributed by atoms with van der Waals surface area (Å²) in [6, 6.07) is 12.8. The monoisotopic (exact) mass is 405 g/mol. The van der Waals surface area contributed by atoms with Crippen LogP contribution in [0, 0.1) is 0 Å². The van der Waals surface area contributed by atoms with Gasteiger partial charge in [-0.25, -0.2) is 8.78 Å². The van der Waals surface area contributed by atoms with Gasteiger partial charge in [-0.05, 0) is 33.6 Å². The maximum atomic E-state index is 13.6. The summed E-state index contributed by atoms with van der Waals surface area (Å²) in [5, 5.41) is 19.1. The summed E-state index contributed by atoms with van der Waals surface area (Å²) >= 11 is 4.69. The Balaban J connectivity index is 2.09. The molecule has 2 rings (SSSR count). The van der Waals surface area contributed by atoms with E-state index in [9.17, 15) is 13.9 Å². The second-order valence-corrected chi connectivity index (χ2v) is 7.82. The van der Waals surface area contributed by atoms with E-state index in [-0.39, 0.29) is 13.1 Å². The molecule has 0 saturated carbocycles. The van der Waals surface area contributed by atoms with E-state index >= 15 is 0 Å². The SMILES string of the molecule is OCC(F)(F)CN(Cc1ccccc1)CC(O)c1ccc(Br)s1.